The maximum atomic E-state index is 12.7. The van der Waals surface area contributed by atoms with Gasteiger partial charge in [0.2, 0.25) is 0 Å². The summed E-state index contributed by atoms with van der Waals surface area (Å²) in [5, 5.41) is 0.724. The third kappa shape index (κ3) is 5.26. The molecule has 1 aromatic carbocycles. The summed E-state index contributed by atoms with van der Waals surface area (Å²) in [5.41, 5.74) is 2.38. The Bertz CT molecular complexity index is 891. The highest BCUT2D eigenvalue weighted by Gasteiger charge is 2.44. The van der Waals surface area contributed by atoms with E-state index in [1.807, 2.05) is 6.07 Å². The van der Waals surface area contributed by atoms with Crippen molar-refractivity contribution in [1.29, 1.82) is 0 Å². The fourth-order valence-corrected chi connectivity index (χ4v) is 5.72. The van der Waals surface area contributed by atoms with Crippen LogP contribution in [-0.4, -0.2) is 91.5 Å². The number of ether oxygens (including phenoxy) is 1. The van der Waals surface area contributed by atoms with Crippen LogP contribution in [0.1, 0.15) is 25.3 Å². The molecule has 34 heavy (non-hydrogen) atoms. The standard InChI is InChI=1S/C24H32ClF3N4O2/c1-16(24(26,27)28)34-23(33)30-8-6-29(7-9-30)11-17-2-3-20(25)10-22(17)32-14-18-12-31(21-4-5-21)13-19(18)15-32/h2-3,10,16,18-19,21H,4-9,11-15H2,1H3. The fraction of sp³-hybridized carbons (Fsp3) is 0.708. The van der Waals surface area contributed by atoms with Gasteiger partial charge < -0.3 is 14.5 Å². The van der Waals surface area contributed by atoms with E-state index in [1.54, 1.807) is 0 Å². The molecule has 10 heteroatoms. The van der Waals surface area contributed by atoms with Gasteiger partial charge in [-0.05, 0) is 49.3 Å². The quantitative estimate of drug-likeness (QED) is 0.609. The average molecular weight is 501 g/mol. The zero-order chi connectivity index (χ0) is 24.0. The smallest absolute Gasteiger partial charge is 0.425 e. The van der Waals surface area contributed by atoms with Gasteiger partial charge in [0.15, 0.2) is 6.10 Å². The normalized spacial score (nSPS) is 27.2. The summed E-state index contributed by atoms with van der Waals surface area (Å²) in [4.78, 5) is 20.8. The van der Waals surface area contributed by atoms with Gasteiger partial charge >= 0.3 is 12.3 Å². The van der Waals surface area contributed by atoms with Crippen molar-refractivity contribution in [3.8, 4) is 0 Å². The van der Waals surface area contributed by atoms with Gasteiger partial charge in [0.05, 0.1) is 0 Å². The number of rotatable bonds is 5. The van der Waals surface area contributed by atoms with Gasteiger partial charge in [-0.3, -0.25) is 9.80 Å². The molecular weight excluding hydrogens is 469 g/mol. The van der Waals surface area contributed by atoms with Gasteiger partial charge in [0, 0.05) is 75.7 Å². The summed E-state index contributed by atoms with van der Waals surface area (Å²) in [6.07, 6.45) is -4.85. The first-order valence-electron chi connectivity index (χ1n) is 12.2. The van der Waals surface area contributed by atoms with E-state index in [0.29, 0.717) is 44.6 Å². The molecule has 0 radical (unpaired) electrons. The lowest BCUT2D eigenvalue weighted by Gasteiger charge is -2.35. The van der Waals surface area contributed by atoms with Crippen LogP contribution in [0.3, 0.4) is 0 Å². The van der Waals surface area contributed by atoms with Crippen LogP contribution in [0.2, 0.25) is 5.02 Å². The van der Waals surface area contributed by atoms with E-state index in [2.05, 4.69) is 31.6 Å². The van der Waals surface area contributed by atoms with Gasteiger partial charge in [0.1, 0.15) is 0 Å². The Balaban J connectivity index is 1.17. The van der Waals surface area contributed by atoms with Gasteiger partial charge in [-0.25, -0.2) is 4.79 Å². The molecule has 1 aliphatic carbocycles. The van der Waals surface area contributed by atoms with Crippen LogP contribution in [0.5, 0.6) is 0 Å². The summed E-state index contributed by atoms with van der Waals surface area (Å²) in [6.45, 7) is 7.93. The summed E-state index contributed by atoms with van der Waals surface area (Å²) in [5.74, 6) is 1.42. The van der Waals surface area contributed by atoms with E-state index in [0.717, 1.165) is 31.1 Å². The Morgan fingerprint density at radius 1 is 1.09 bits per heavy atom. The van der Waals surface area contributed by atoms with E-state index >= 15 is 0 Å². The first-order valence-corrected chi connectivity index (χ1v) is 12.6. The largest absolute Gasteiger partial charge is 0.437 e. The second kappa shape index (κ2) is 9.39. The Morgan fingerprint density at radius 3 is 2.32 bits per heavy atom. The third-order valence-electron chi connectivity index (χ3n) is 7.73. The number of carbonyl (C=O) groups excluding carboxylic acids is 1. The van der Waals surface area contributed by atoms with Crippen molar-refractivity contribution < 1.29 is 22.7 Å². The number of carbonyl (C=O) groups is 1. The minimum atomic E-state index is -4.55. The number of halogens is 4. The number of hydrogen-bond acceptors (Lipinski definition) is 5. The Morgan fingerprint density at radius 2 is 1.74 bits per heavy atom. The van der Waals surface area contributed by atoms with Crippen molar-refractivity contribution in [3.05, 3.63) is 28.8 Å². The Hall–Kier alpha value is -1.71. The Labute approximate surface area is 203 Å². The highest BCUT2D eigenvalue weighted by atomic mass is 35.5. The molecule has 188 valence electrons. The summed E-state index contributed by atoms with van der Waals surface area (Å²) < 4.78 is 42.7. The summed E-state index contributed by atoms with van der Waals surface area (Å²) >= 11 is 6.37. The lowest BCUT2D eigenvalue weighted by Crippen LogP contribution is -2.49. The molecule has 4 fully saturated rings. The molecule has 0 aromatic heterocycles. The van der Waals surface area contributed by atoms with Crippen molar-refractivity contribution >= 4 is 23.4 Å². The molecule has 1 saturated carbocycles. The Kier molecular flexibility index (Phi) is 6.63. The minimum Gasteiger partial charge on any atom is -0.437 e. The molecule has 3 atom stereocenters. The minimum absolute atomic E-state index is 0.344. The highest BCUT2D eigenvalue weighted by molar-refractivity contribution is 6.30. The molecule has 3 aliphatic heterocycles. The number of hydrogen-bond donors (Lipinski definition) is 0. The van der Waals surface area contributed by atoms with Crippen LogP contribution < -0.4 is 4.90 Å². The summed E-state index contributed by atoms with van der Waals surface area (Å²) in [7, 11) is 0. The van der Waals surface area contributed by atoms with E-state index in [-0.39, 0.29) is 0 Å². The predicted molar refractivity (Wildman–Crippen MR) is 124 cm³/mol. The first kappa shape index (κ1) is 24.0. The van der Waals surface area contributed by atoms with Gasteiger partial charge in [-0.2, -0.15) is 13.2 Å². The summed E-state index contributed by atoms with van der Waals surface area (Å²) in [6, 6.07) is 6.88. The second-order valence-corrected chi connectivity index (χ2v) is 10.7. The molecule has 4 aliphatic rings. The highest BCUT2D eigenvalue weighted by Crippen LogP contribution is 2.40. The maximum absolute atomic E-state index is 12.7. The number of alkyl halides is 3. The molecule has 0 N–H and O–H groups in total. The average Bonchev–Trinajstić information content (AvgIpc) is 3.44. The van der Waals surface area contributed by atoms with E-state index in [4.69, 9.17) is 11.6 Å². The van der Waals surface area contributed by atoms with Crippen molar-refractivity contribution in [2.45, 2.75) is 44.6 Å². The van der Waals surface area contributed by atoms with Crippen LogP contribution in [0.25, 0.3) is 0 Å². The number of piperazine rings is 1. The van der Waals surface area contributed by atoms with Gasteiger partial charge in [0.25, 0.3) is 0 Å². The topological polar surface area (TPSA) is 39.3 Å². The molecular formula is C24H32ClF3N4O2. The van der Waals surface area contributed by atoms with E-state index in [9.17, 15) is 18.0 Å². The maximum Gasteiger partial charge on any atom is 0.425 e. The predicted octanol–water partition coefficient (Wildman–Crippen LogP) is 4.08. The van der Waals surface area contributed by atoms with Crippen molar-refractivity contribution in [2.24, 2.45) is 11.8 Å². The second-order valence-electron chi connectivity index (χ2n) is 10.2. The van der Waals surface area contributed by atoms with E-state index < -0.39 is 18.4 Å². The number of anilines is 1. The van der Waals surface area contributed by atoms with Crippen LogP contribution >= 0.6 is 11.6 Å². The number of amides is 1. The molecule has 1 amide bonds. The number of benzene rings is 1. The lowest BCUT2D eigenvalue weighted by atomic mass is 10.0. The van der Waals surface area contributed by atoms with Crippen molar-refractivity contribution in [2.75, 3.05) is 57.3 Å². The molecule has 0 spiro atoms. The number of fused-ring (bicyclic) bond motifs is 1. The SMILES string of the molecule is CC(OC(=O)N1CCN(Cc2ccc(Cl)cc2N2CC3CN(C4CC4)CC3C2)CC1)C(F)(F)F. The molecule has 3 saturated heterocycles. The lowest BCUT2D eigenvalue weighted by molar-refractivity contribution is -0.200. The van der Waals surface area contributed by atoms with Crippen LogP contribution in [0, 0.1) is 11.8 Å². The zero-order valence-electron chi connectivity index (χ0n) is 19.4. The van der Waals surface area contributed by atoms with Crippen molar-refractivity contribution in [3.63, 3.8) is 0 Å². The third-order valence-corrected chi connectivity index (χ3v) is 7.96. The molecule has 0 bridgehead atoms. The molecule has 3 unspecified atom stereocenters. The molecule has 5 rings (SSSR count). The van der Waals surface area contributed by atoms with Gasteiger partial charge in [-0.1, -0.05) is 17.7 Å². The number of likely N-dealkylation sites (tertiary alicyclic amines) is 1. The fourth-order valence-electron chi connectivity index (χ4n) is 5.55. The van der Waals surface area contributed by atoms with Crippen LogP contribution in [-0.2, 0) is 11.3 Å². The van der Waals surface area contributed by atoms with Crippen molar-refractivity contribution in [1.82, 2.24) is 14.7 Å². The monoisotopic (exact) mass is 500 g/mol. The molecule has 6 nitrogen and oxygen atoms in total. The van der Waals surface area contributed by atoms with Gasteiger partial charge in [-0.15, -0.1) is 0 Å². The number of nitrogens with zero attached hydrogens (tertiary/aromatic N) is 4. The first-order chi connectivity index (χ1) is 16.2. The zero-order valence-corrected chi connectivity index (χ0v) is 20.2. The molecule has 3 heterocycles. The van der Waals surface area contributed by atoms with E-state index in [1.165, 1.54) is 42.1 Å². The van der Waals surface area contributed by atoms with Crippen LogP contribution in [0.4, 0.5) is 23.7 Å². The van der Waals surface area contributed by atoms with Crippen LogP contribution in [0.15, 0.2) is 18.2 Å². The molecule has 1 aromatic rings.